The number of nitrogens with zero attached hydrogens (tertiary/aromatic N) is 1. The number of carbonyl (C=O) groups is 3. The quantitative estimate of drug-likeness (QED) is 0.595. The van der Waals surface area contributed by atoms with Gasteiger partial charge in [0.15, 0.2) is 4.32 Å². The molecule has 0 bridgehead atoms. The minimum Gasteiger partial charge on any atom is -0.478 e. The molecule has 0 atom stereocenters. The SMILES string of the molecule is O=C(Cc1ccccc1)NN1C(=O)/C(=C\c2ccccc2C(=O)O)SC1=S. The second-order valence-corrected chi connectivity index (χ2v) is 7.28. The maximum atomic E-state index is 12.6. The predicted molar refractivity (Wildman–Crippen MR) is 107 cm³/mol. The largest absolute Gasteiger partial charge is 0.478 e. The molecule has 1 saturated heterocycles. The molecule has 2 amide bonds. The predicted octanol–water partition coefficient (Wildman–Crippen LogP) is 2.86. The lowest BCUT2D eigenvalue weighted by Gasteiger charge is -2.15. The molecule has 0 aliphatic carbocycles. The van der Waals surface area contributed by atoms with E-state index < -0.39 is 11.9 Å². The van der Waals surface area contributed by atoms with Crippen LogP contribution in [0.4, 0.5) is 0 Å². The number of carboxylic acid groups (broad SMARTS) is 1. The van der Waals surface area contributed by atoms with Crippen molar-refractivity contribution in [1.82, 2.24) is 10.4 Å². The summed E-state index contributed by atoms with van der Waals surface area (Å²) in [6.45, 7) is 0. The zero-order valence-corrected chi connectivity index (χ0v) is 15.5. The van der Waals surface area contributed by atoms with E-state index in [-0.39, 0.29) is 27.1 Å². The minimum absolute atomic E-state index is 0.0795. The highest BCUT2D eigenvalue weighted by Crippen LogP contribution is 2.32. The van der Waals surface area contributed by atoms with Gasteiger partial charge >= 0.3 is 5.97 Å². The third-order valence-electron chi connectivity index (χ3n) is 3.72. The van der Waals surface area contributed by atoms with Crippen LogP contribution in [0.3, 0.4) is 0 Å². The molecule has 3 rings (SSSR count). The topological polar surface area (TPSA) is 86.7 Å². The van der Waals surface area contributed by atoms with Gasteiger partial charge in [-0.15, -0.1) is 0 Å². The molecule has 2 N–H and O–H groups in total. The number of hydrazine groups is 1. The highest BCUT2D eigenvalue weighted by Gasteiger charge is 2.33. The van der Waals surface area contributed by atoms with E-state index in [9.17, 15) is 19.5 Å². The van der Waals surface area contributed by atoms with Gasteiger partial charge < -0.3 is 5.11 Å². The van der Waals surface area contributed by atoms with Gasteiger partial charge in [0.2, 0.25) is 5.91 Å². The highest BCUT2D eigenvalue weighted by molar-refractivity contribution is 8.26. The summed E-state index contributed by atoms with van der Waals surface area (Å²) in [7, 11) is 0. The molecule has 2 aromatic carbocycles. The van der Waals surface area contributed by atoms with Crippen molar-refractivity contribution < 1.29 is 19.5 Å². The van der Waals surface area contributed by atoms with Gasteiger partial charge in [0, 0.05) is 0 Å². The van der Waals surface area contributed by atoms with Gasteiger partial charge in [0.05, 0.1) is 16.9 Å². The van der Waals surface area contributed by atoms with Crippen LogP contribution in [0.5, 0.6) is 0 Å². The van der Waals surface area contributed by atoms with Crippen molar-refractivity contribution in [3.8, 4) is 0 Å². The molecular formula is C19H14N2O4S2. The van der Waals surface area contributed by atoms with Crippen molar-refractivity contribution in [3.05, 3.63) is 76.2 Å². The maximum Gasteiger partial charge on any atom is 0.336 e. The van der Waals surface area contributed by atoms with Crippen LogP contribution in [0.25, 0.3) is 6.08 Å². The fourth-order valence-corrected chi connectivity index (χ4v) is 3.64. The Bertz CT molecular complexity index is 957. The van der Waals surface area contributed by atoms with Crippen LogP contribution in [-0.2, 0) is 16.0 Å². The number of aromatic carboxylic acids is 1. The highest BCUT2D eigenvalue weighted by atomic mass is 32.2. The molecule has 0 saturated carbocycles. The number of carbonyl (C=O) groups excluding carboxylic acids is 2. The van der Waals surface area contributed by atoms with Crippen LogP contribution >= 0.6 is 24.0 Å². The van der Waals surface area contributed by atoms with E-state index in [0.717, 1.165) is 22.3 Å². The Morgan fingerprint density at radius 1 is 1.11 bits per heavy atom. The molecule has 136 valence electrons. The molecule has 6 nitrogen and oxygen atoms in total. The lowest BCUT2D eigenvalue weighted by molar-refractivity contribution is -0.132. The summed E-state index contributed by atoms with van der Waals surface area (Å²) in [6, 6.07) is 15.5. The van der Waals surface area contributed by atoms with Crippen molar-refractivity contribution in [2.24, 2.45) is 0 Å². The van der Waals surface area contributed by atoms with Gasteiger partial charge in [-0.1, -0.05) is 60.3 Å². The van der Waals surface area contributed by atoms with Crippen molar-refractivity contribution in [1.29, 1.82) is 0 Å². The first-order chi connectivity index (χ1) is 13.0. The summed E-state index contributed by atoms with van der Waals surface area (Å²) >= 11 is 6.18. The second kappa shape index (κ2) is 8.15. The van der Waals surface area contributed by atoms with Gasteiger partial charge in [-0.25, -0.2) is 4.79 Å². The molecule has 0 unspecified atom stereocenters. The number of rotatable bonds is 5. The number of thiocarbonyl (C=S) groups is 1. The standard InChI is InChI=1S/C19H14N2O4S2/c22-16(10-12-6-2-1-3-7-12)20-21-17(23)15(27-19(21)26)11-13-8-4-5-9-14(13)18(24)25/h1-9,11H,10H2,(H,20,22)(H,24,25)/b15-11+. The first-order valence-electron chi connectivity index (χ1n) is 7.89. The van der Waals surface area contributed by atoms with Crippen molar-refractivity contribution in [2.75, 3.05) is 0 Å². The van der Waals surface area contributed by atoms with Crippen LogP contribution in [-0.4, -0.2) is 32.2 Å². The summed E-state index contributed by atoms with van der Waals surface area (Å²) in [4.78, 5) is 36.3. The Hall–Kier alpha value is -2.97. The molecule has 1 aliphatic rings. The van der Waals surface area contributed by atoms with Crippen molar-refractivity contribution in [3.63, 3.8) is 0 Å². The van der Waals surface area contributed by atoms with Gasteiger partial charge in [0.1, 0.15) is 0 Å². The first-order valence-corrected chi connectivity index (χ1v) is 9.12. The molecule has 0 radical (unpaired) electrons. The molecule has 0 spiro atoms. The van der Waals surface area contributed by atoms with Crippen molar-refractivity contribution in [2.45, 2.75) is 6.42 Å². The van der Waals surface area contributed by atoms with Crippen LogP contribution in [0.15, 0.2) is 59.5 Å². The van der Waals surface area contributed by atoms with E-state index in [0.29, 0.717) is 5.56 Å². The summed E-state index contributed by atoms with van der Waals surface area (Å²) in [5.74, 6) is -1.95. The summed E-state index contributed by atoms with van der Waals surface area (Å²) in [6.07, 6.45) is 1.57. The second-order valence-electron chi connectivity index (χ2n) is 5.61. The van der Waals surface area contributed by atoms with E-state index >= 15 is 0 Å². The average Bonchev–Trinajstić information content (AvgIpc) is 2.90. The van der Waals surface area contributed by atoms with E-state index in [2.05, 4.69) is 5.43 Å². The van der Waals surface area contributed by atoms with E-state index in [4.69, 9.17) is 12.2 Å². The third-order valence-corrected chi connectivity index (χ3v) is 5.02. The molecule has 2 aromatic rings. The fraction of sp³-hybridized carbons (Fsp3) is 0.0526. The van der Waals surface area contributed by atoms with E-state index in [1.54, 1.807) is 18.2 Å². The average molecular weight is 398 g/mol. The number of thioether (sulfide) groups is 1. The van der Waals surface area contributed by atoms with Gasteiger partial charge in [0.25, 0.3) is 5.91 Å². The van der Waals surface area contributed by atoms with Crippen LogP contribution in [0.2, 0.25) is 0 Å². The molecular weight excluding hydrogens is 384 g/mol. The Kier molecular flexibility index (Phi) is 5.68. The van der Waals surface area contributed by atoms with Gasteiger partial charge in [-0.3, -0.25) is 15.0 Å². The first kappa shape index (κ1) is 18.8. The number of amides is 2. The van der Waals surface area contributed by atoms with Crippen LogP contribution < -0.4 is 5.43 Å². The van der Waals surface area contributed by atoms with Gasteiger partial charge in [-0.05, 0) is 35.5 Å². The molecule has 1 fully saturated rings. The molecule has 0 aromatic heterocycles. The number of carboxylic acids is 1. The summed E-state index contributed by atoms with van der Waals surface area (Å²) < 4.78 is 0.181. The minimum atomic E-state index is -1.09. The van der Waals surface area contributed by atoms with E-state index in [1.807, 2.05) is 30.3 Å². The fourth-order valence-electron chi connectivity index (χ4n) is 2.47. The molecule has 8 heteroatoms. The van der Waals surface area contributed by atoms with Crippen LogP contribution in [0, 0.1) is 0 Å². The lowest BCUT2D eigenvalue weighted by atomic mass is 10.1. The normalized spacial score (nSPS) is 15.3. The number of hydrogen-bond acceptors (Lipinski definition) is 5. The Morgan fingerprint density at radius 2 is 1.78 bits per heavy atom. The number of hydrogen-bond donors (Lipinski definition) is 2. The maximum absolute atomic E-state index is 12.6. The number of nitrogens with one attached hydrogen (secondary N) is 1. The van der Waals surface area contributed by atoms with Gasteiger partial charge in [-0.2, -0.15) is 5.01 Å². The molecule has 1 heterocycles. The van der Waals surface area contributed by atoms with Crippen LogP contribution in [0.1, 0.15) is 21.5 Å². The smallest absolute Gasteiger partial charge is 0.336 e. The zero-order chi connectivity index (χ0) is 19.4. The number of benzene rings is 2. The monoisotopic (exact) mass is 398 g/mol. The Balaban J connectivity index is 1.75. The Morgan fingerprint density at radius 3 is 2.48 bits per heavy atom. The van der Waals surface area contributed by atoms with E-state index in [1.165, 1.54) is 12.1 Å². The summed E-state index contributed by atoms with van der Waals surface area (Å²) in [5, 5.41) is 10.3. The Labute approximate surface area is 164 Å². The third kappa shape index (κ3) is 4.42. The van der Waals surface area contributed by atoms with Crippen molar-refractivity contribution >= 4 is 52.2 Å². The lowest BCUT2D eigenvalue weighted by Crippen LogP contribution is -2.45. The molecule has 27 heavy (non-hydrogen) atoms. The molecule has 1 aliphatic heterocycles. The summed E-state index contributed by atoms with van der Waals surface area (Å²) in [5.41, 5.74) is 3.79. The zero-order valence-electron chi connectivity index (χ0n) is 13.9.